The van der Waals surface area contributed by atoms with Crippen LogP contribution in [0.4, 0.5) is 0 Å². The number of pyridine rings is 1. The molecule has 0 N–H and O–H groups in total. The lowest BCUT2D eigenvalue weighted by molar-refractivity contribution is -0.137. The number of hydrogen-bond acceptors (Lipinski definition) is 4. The summed E-state index contributed by atoms with van der Waals surface area (Å²) in [7, 11) is 1.62. The fraction of sp³-hybridized carbons (Fsp3) is 0.250. The molecule has 0 saturated heterocycles. The second-order valence-electron chi connectivity index (χ2n) is 4.29. The standard InChI is InChI=1S/C16H17NO3/c1-4-20-15(18)10-7-12-6-9-14(19-3)16-13(12)8-5-11(2)17-16/h5-10H,4H2,1-3H3/b10-7+. The third-order valence-electron chi connectivity index (χ3n) is 2.90. The van der Waals surface area contributed by atoms with Crippen LogP contribution in [0, 0.1) is 6.92 Å². The van der Waals surface area contributed by atoms with Crippen LogP contribution in [-0.2, 0) is 9.53 Å². The Labute approximate surface area is 118 Å². The summed E-state index contributed by atoms with van der Waals surface area (Å²) in [6, 6.07) is 7.65. The average molecular weight is 271 g/mol. The molecule has 0 spiro atoms. The molecule has 0 aliphatic carbocycles. The van der Waals surface area contributed by atoms with Crippen molar-refractivity contribution < 1.29 is 14.3 Å². The number of ether oxygens (including phenoxy) is 2. The first-order valence-electron chi connectivity index (χ1n) is 6.45. The maximum atomic E-state index is 11.4. The Balaban J connectivity index is 2.47. The molecule has 1 aromatic heterocycles. The lowest BCUT2D eigenvalue weighted by Gasteiger charge is -2.08. The topological polar surface area (TPSA) is 48.4 Å². The molecule has 0 bridgehead atoms. The summed E-state index contributed by atoms with van der Waals surface area (Å²) in [5.41, 5.74) is 2.61. The van der Waals surface area contributed by atoms with Gasteiger partial charge in [0.05, 0.1) is 13.7 Å². The summed E-state index contributed by atoms with van der Waals surface area (Å²) in [6.45, 7) is 4.08. The molecule has 0 aliphatic rings. The highest BCUT2D eigenvalue weighted by molar-refractivity contribution is 5.95. The van der Waals surface area contributed by atoms with E-state index >= 15 is 0 Å². The number of aryl methyl sites for hydroxylation is 1. The largest absolute Gasteiger partial charge is 0.494 e. The minimum absolute atomic E-state index is 0.350. The van der Waals surface area contributed by atoms with Crippen LogP contribution < -0.4 is 4.74 Å². The van der Waals surface area contributed by atoms with Gasteiger partial charge in [0, 0.05) is 17.2 Å². The van der Waals surface area contributed by atoms with Gasteiger partial charge in [-0.15, -0.1) is 0 Å². The van der Waals surface area contributed by atoms with E-state index in [4.69, 9.17) is 9.47 Å². The summed E-state index contributed by atoms with van der Waals surface area (Å²) in [5.74, 6) is 0.369. The molecule has 0 saturated carbocycles. The van der Waals surface area contributed by atoms with Crippen LogP contribution >= 0.6 is 0 Å². The predicted molar refractivity (Wildman–Crippen MR) is 78.7 cm³/mol. The van der Waals surface area contributed by atoms with Crippen LogP contribution in [0.5, 0.6) is 5.75 Å². The zero-order chi connectivity index (χ0) is 14.5. The molecule has 0 radical (unpaired) electrons. The van der Waals surface area contributed by atoms with Crippen molar-refractivity contribution in [3.05, 3.63) is 41.6 Å². The number of aromatic nitrogens is 1. The number of methoxy groups -OCH3 is 1. The second-order valence-corrected chi connectivity index (χ2v) is 4.29. The monoisotopic (exact) mass is 271 g/mol. The molecule has 104 valence electrons. The Hall–Kier alpha value is -2.36. The smallest absolute Gasteiger partial charge is 0.330 e. The number of fused-ring (bicyclic) bond motifs is 1. The molecule has 4 heteroatoms. The number of carbonyl (C=O) groups excluding carboxylic acids is 1. The summed E-state index contributed by atoms with van der Waals surface area (Å²) in [5, 5.41) is 0.940. The maximum Gasteiger partial charge on any atom is 0.330 e. The third-order valence-corrected chi connectivity index (χ3v) is 2.90. The number of esters is 1. The van der Waals surface area contributed by atoms with Gasteiger partial charge in [-0.25, -0.2) is 9.78 Å². The van der Waals surface area contributed by atoms with Crippen molar-refractivity contribution in [3.63, 3.8) is 0 Å². The van der Waals surface area contributed by atoms with Gasteiger partial charge in [-0.2, -0.15) is 0 Å². The van der Waals surface area contributed by atoms with Gasteiger partial charge < -0.3 is 9.47 Å². The van der Waals surface area contributed by atoms with Gasteiger partial charge in [0.2, 0.25) is 0 Å². The minimum atomic E-state index is -0.350. The Morgan fingerprint density at radius 1 is 1.30 bits per heavy atom. The van der Waals surface area contributed by atoms with Crippen molar-refractivity contribution in [1.82, 2.24) is 4.98 Å². The molecule has 0 atom stereocenters. The van der Waals surface area contributed by atoms with Crippen LogP contribution in [-0.4, -0.2) is 24.7 Å². The van der Waals surface area contributed by atoms with Gasteiger partial charge in [-0.3, -0.25) is 0 Å². The molecule has 0 unspecified atom stereocenters. The number of hydrogen-bond donors (Lipinski definition) is 0. The average Bonchev–Trinajstić information content (AvgIpc) is 2.44. The molecule has 20 heavy (non-hydrogen) atoms. The van der Waals surface area contributed by atoms with E-state index in [2.05, 4.69) is 4.98 Å². The first kappa shape index (κ1) is 14.1. The lowest BCUT2D eigenvalue weighted by Crippen LogP contribution is -1.98. The zero-order valence-corrected chi connectivity index (χ0v) is 11.8. The summed E-state index contributed by atoms with van der Waals surface area (Å²) < 4.78 is 10.2. The lowest BCUT2D eigenvalue weighted by atomic mass is 10.1. The first-order valence-corrected chi connectivity index (χ1v) is 6.45. The molecule has 0 fully saturated rings. The van der Waals surface area contributed by atoms with Gasteiger partial charge in [0.1, 0.15) is 11.3 Å². The molecular formula is C16H17NO3. The van der Waals surface area contributed by atoms with Crippen molar-refractivity contribution in [2.24, 2.45) is 0 Å². The SMILES string of the molecule is CCOC(=O)/C=C/c1ccc(OC)c2nc(C)ccc12. The fourth-order valence-corrected chi connectivity index (χ4v) is 1.97. The van der Waals surface area contributed by atoms with Crippen LogP contribution in [0.2, 0.25) is 0 Å². The predicted octanol–water partition coefficient (Wildman–Crippen LogP) is 3.13. The fourth-order valence-electron chi connectivity index (χ4n) is 1.97. The van der Waals surface area contributed by atoms with Gasteiger partial charge in [0.25, 0.3) is 0 Å². The van der Waals surface area contributed by atoms with E-state index in [-0.39, 0.29) is 5.97 Å². The van der Waals surface area contributed by atoms with Crippen LogP contribution in [0.3, 0.4) is 0 Å². The molecule has 0 amide bonds. The van der Waals surface area contributed by atoms with Crippen molar-refractivity contribution in [2.45, 2.75) is 13.8 Å². The molecule has 2 aromatic rings. The number of nitrogens with zero attached hydrogens (tertiary/aromatic N) is 1. The maximum absolute atomic E-state index is 11.4. The second kappa shape index (κ2) is 6.19. The van der Waals surface area contributed by atoms with E-state index in [0.29, 0.717) is 6.61 Å². The number of carbonyl (C=O) groups is 1. The number of benzene rings is 1. The summed E-state index contributed by atoms with van der Waals surface area (Å²) in [4.78, 5) is 15.9. The van der Waals surface area contributed by atoms with Gasteiger partial charge in [-0.05, 0) is 37.6 Å². The van der Waals surface area contributed by atoms with E-state index < -0.39 is 0 Å². The molecule has 0 aliphatic heterocycles. The van der Waals surface area contributed by atoms with E-state index in [1.807, 2.05) is 31.2 Å². The Morgan fingerprint density at radius 3 is 2.80 bits per heavy atom. The highest BCUT2D eigenvalue weighted by Gasteiger charge is 2.07. The van der Waals surface area contributed by atoms with Crippen LogP contribution in [0.15, 0.2) is 30.3 Å². The van der Waals surface area contributed by atoms with E-state index in [0.717, 1.165) is 27.9 Å². The third kappa shape index (κ3) is 2.96. The van der Waals surface area contributed by atoms with Crippen molar-refractivity contribution >= 4 is 22.9 Å². The highest BCUT2D eigenvalue weighted by Crippen LogP contribution is 2.27. The van der Waals surface area contributed by atoms with E-state index in [1.54, 1.807) is 20.1 Å². The Kier molecular flexibility index (Phi) is 4.35. The van der Waals surface area contributed by atoms with Gasteiger partial charge in [-0.1, -0.05) is 12.1 Å². The quantitative estimate of drug-likeness (QED) is 0.633. The Bertz CT molecular complexity index is 662. The molecule has 1 heterocycles. The highest BCUT2D eigenvalue weighted by atomic mass is 16.5. The molecular weight excluding hydrogens is 254 g/mol. The van der Waals surface area contributed by atoms with Crippen LogP contribution in [0.25, 0.3) is 17.0 Å². The van der Waals surface area contributed by atoms with E-state index in [1.165, 1.54) is 6.08 Å². The van der Waals surface area contributed by atoms with Crippen molar-refractivity contribution in [1.29, 1.82) is 0 Å². The van der Waals surface area contributed by atoms with Crippen molar-refractivity contribution in [3.8, 4) is 5.75 Å². The van der Waals surface area contributed by atoms with Gasteiger partial charge in [0.15, 0.2) is 0 Å². The molecule has 4 nitrogen and oxygen atoms in total. The minimum Gasteiger partial charge on any atom is -0.494 e. The summed E-state index contributed by atoms with van der Waals surface area (Å²) in [6.07, 6.45) is 3.15. The normalized spacial score (nSPS) is 10.9. The van der Waals surface area contributed by atoms with Crippen molar-refractivity contribution in [2.75, 3.05) is 13.7 Å². The van der Waals surface area contributed by atoms with E-state index in [9.17, 15) is 4.79 Å². The number of rotatable bonds is 4. The molecule has 1 aromatic carbocycles. The first-order chi connectivity index (χ1) is 9.65. The Morgan fingerprint density at radius 2 is 2.10 bits per heavy atom. The summed E-state index contributed by atoms with van der Waals surface area (Å²) >= 11 is 0. The van der Waals surface area contributed by atoms with Crippen LogP contribution in [0.1, 0.15) is 18.2 Å². The van der Waals surface area contributed by atoms with Gasteiger partial charge >= 0.3 is 5.97 Å². The molecule has 2 rings (SSSR count). The zero-order valence-electron chi connectivity index (χ0n) is 11.8.